The molecule has 1 aliphatic heterocycles. The normalized spacial score (nSPS) is 28.7. The minimum Gasteiger partial charge on any atom is -0.493 e. The number of aliphatic imine (C=N–C) groups is 1. The van der Waals surface area contributed by atoms with E-state index in [1.807, 2.05) is 49.4 Å². The topological polar surface area (TPSA) is 77.3 Å². The van der Waals surface area contributed by atoms with Gasteiger partial charge >= 0.3 is 5.97 Å². The summed E-state index contributed by atoms with van der Waals surface area (Å²) < 4.78 is 17.8. The molecule has 1 unspecified atom stereocenters. The molecule has 0 saturated carbocycles. The van der Waals surface area contributed by atoms with Gasteiger partial charge in [-0.3, -0.25) is 4.99 Å². The fraction of sp³-hybridized carbons (Fsp3) is 0.333. The highest BCUT2D eigenvalue weighted by Crippen LogP contribution is 2.61. The van der Waals surface area contributed by atoms with E-state index in [4.69, 9.17) is 14.2 Å². The molecule has 2 aromatic carbocycles. The number of nitrogens with zero attached hydrogens (tertiary/aromatic N) is 1. The molecule has 5 rings (SSSR count). The van der Waals surface area contributed by atoms with Crippen molar-refractivity contribution in [3.8, 4) is 11.5 Å². The van der Waals surface area contributed by atoms with Crippen LogP contribution in [0.2, 0.25) is 0 Å². The zero-order valence-electron chi connectivity index (χ0n) is 19.0. The molecule has 0 amide bonds. The first kappa shape index (κ1) is 21.5. The lowest BCUT2D eigenvalue weighted by Gasteiger charge is -2.50. The van der Waals surface area contributed by atoms with Gasteiger partial charge in [-0.2, -0.15) is 0 Å². The van der Waals surface area contributed by atoms with E-state index < -0.39 is 23.1 Å². The third-order valence-electron chi connectivity index (χ3n) is 7.10. The third kappa shape index (κ3) is 3.28. The van der Waals surface area contributed by atoms with Gasteiger partial charge in [-0.25, -0.2) is 4.79 Å². The van der Waals surface area contributed by atoms with Crippen molar-refractivity contribution in [2.45, 2.75) is 43.3 Å². The summed E-state index contributed by atoms with van der Waals surface area (Å²) in [6.07, 6.45) is 5.75. The summed E-state index contributed by atoms with van der Waals surface area (Å²) in [5.41, 5.74) is 1.92. The Morgan fingerprint density at radius 1 is 1.24 bits per heavy atom. The first-order valence-electron chi connectivity index (χ1n) is 11.1. The second kappa shape index (κ2) is 7.89. The highest BCUT2D eigenvalue weighted by molar-refractivity contribution is 5.92. The first-order valence-corrected chi connectivity index (χ1v) is 11.1. The molecule has 1 spiro atoms. The fourth-order valence-corrected chi connectivity index (χ4v) is 5.42. The molecule has 0 fully saturated rings. The van der Waals surface area contributed by atoms with Crippen molar-refractivity contribution in [3.05, 3.63) is 77.1 Å². The molecule has 0 aromatic heterocycles. The number of carbonyl (C=O) groups excluding carboxylic acids is 1. The van der Waals surface area contributed by atoms with Crippen molar-refractivity contribution >= 4 is 17.8 Å². The maximum atomic E-state index is 12.7. The SMILES string of the molecule is CN=C1Cc2ccc(OC)c3c2[C@@]2(C1)C(O3)C(OC(=O)/C=C/c1ccccc1)=CC[C@]2(C)O. The Morgan fingerprint density at radius 3 is 2.76 bits per heavy atom. The van der Waals surface area contributed by atoms with Crippen LogP contribution in [0.5, 0.6) is 11.5 Å². The van der Waals surface area contributed by atoms with Crippen molar-refractivity contribution in [2.75, 3.05) is 14.2 Å². The van der Waals surface area contributed by atoms with Crippen LogP contribution in [0.3, 0.4) is 0 Å². The summed E-state index contributed by atoms with van der Waals surface area (Å²) in [7, 11) is 3.37. The van der Waals surface area contributed by atoms with E-state index in [1.165, 1.54) is 6.08 Å². The van der Waals surface area contributed by atoms with Gasteiger partial charge in [-0.15, -0.1) is 0 Å². The van der Waals surface area contributed by atoms with Crippen molar-refractivity contribution in [1.82, 2.24) is 0 Å². The molecule has 0 saturated heterocycles. The van der Waals surface area contributed by atoms with Gasteiger partial charge in [0.2, 0.25) is 0 Å². The highest BCUT2D eigenvalue weighted by Gasteiger charge is 2.65. The van der Waals surface area contributed by atoms with Gasteiger partial charge in [-0.1, -0.05) is 36.4 Å². The standard InChI is InChI=1S/C27H27NO5/c1-26(30)14-13-21(32-22(29)12-9-17-7-5-4-6-8-17)25-27(26)16-19(28-2)15-18-10-11-20(31-3)24(33-25)23(18)27/h4-13,25,30H,14-16H2,1-3H3/b12-9+,28-19?/t25?,26-,27-/m0/s1. The van der Waals surface area contributed by atoms with Gasteiger partial charge in [0.15, 0.2) is 17.6 Å². The van der Waals surface area contributed by atoms with E-state index in [0.29, 0.717) is 36.5 Å². The van der Waals surface area contributed by atoms with Gasteiger partial charge in [0.25, 0.3) is 0 Å². The highest BCUT2D eigenvalue weighted by atomic mass is 16.6. The van der Waals surface area contributed by atoms with E-state index >= 15 is 0 Å². The Hall–Kier alpha value is -3.38. The largest absolute Gasteiger partial charge is 0.493 e. The third-order valence-corrected chi connectivity index (χ3v) is 7.10. The average molecular weight is 446 g/mol. The molecule has 3 atom stereocenters. The fourth-order valence-electron chi connectivity index (χ4n) is 5.42. The van der Waals surface area contributed by atoms with Crippen molar-refractivity contribution in [3.63, 3.8) is 0 Å². The molecular formula is C27H27NO5. The monoisotopic (exact) mass is 445 g/mol. The second-order valence-corrected chi connectivity index (χ2v) is 8.99. The van der Waals surface area contributed by atoms with Gasteiger partial charge < -0.3 is 19.3 Å². The lowest BCUT2D eigenvalue weighted by molar-refractivity contribution is -0.138. The van der Waals surface area contributed by atoms with Crippen LogP contribution in [0, 0.1) is 0 Å². The second-order valence-electron chi connectivity index (χ2n) is 8.99. The summed E-state index contributed by atoms with van der Waals surface area (Å²) in [6.45, 7) is 1.82. The van der Waals surface area contributed by atoms with Gasteiger partial charge in [0.05, 0.1) is 18.1 Å². The Bertz CT molecular complexity index is 1190. The van der Waals surface area contributed by atoms with E-state index in [0.717, 1.165) is 22.4 Å². The van der Waals surface area contributed by atoms with Crippen LogP contribution in [-0.2, 0) is 21.4 Å². The predicted molar refractivity (Wildman–Crippen MR) is 126 cm³/mol. The molecule has 2 aromatic rings. The van der Waals surface area contributed by atoms with Gasteiger partial charge in [-0.05, 0) is 42.7 Å². The molecule has 0 radical (unpaired) electrons. The van der Waals surface area contributed by atoms with E-state index in [2.05, 4.69) is 4.99 Å². The lowest BCUT2D eigenvalue weighted by atomic mass is 9.55. The van der Waals surface area contributed by atoms with Gasteiger partial charge in [0.1, 0.15) is 5.76 Å². The predicted octanol–water partition coefficient (Wildman–Crippen LogP) is 4.01. The van der Waals surface area contributed by atoms with E-state index in [9.17, 15) is 9.90 Å². The molecule has 6 nitrogen and oxygen atoms in total. The average Bonchev–Trinajstić information content (AvgIpc) is 3.19. The number of benzene rings is 2. The molecule has 170 valence electrons. The maximum absolute atomic E-state index is 12.7. The van der Waals surface area contributed by atoms with Crippen LogP contribution >= 0.6 is 0 Å². The molecular weight excluding hydrogens is 418 g/mol. The molecule has 6 heteroatoms. The van der Waals surface area contributed by atoms with Crippen molar-refractivity contribution in [2.24, 2.45) is 4.99 Å². The maximum Gasteiger partial charge on any atom is 0.335 e. The number of methoxy groups -OCH3 is 1. The number of carbonyl (C=O) groups is 1. The summed E-state index contributed by atoms with van der Waals surface area (Å²) in [5.74, 6) is 1.13. The van der Waals surface area contributed by atoms with E-state index in [1.54, 1.807) is 26.3 Å². The summed E-state index contributed by atoms with van der Waals surface area (Å²) in [4.78, 5) is 17.2. The van der Waals surface area contributed by atoms with Crippen LogP contribution < -0.4 is 9.47 Å². The summed E-state index contributed by atoms with van der Waals surface area (Å²) >= 11 is 0. The Kier molecular flexibility index (Phi) is 5.13. The Balaban J connectivity index is 1.55. The molecule has 33 heavy (non-hydrogen) atoms. The van der Waals surface area contributed by atoms with Crippen LogP contribution in [0.25, 0.3) is 6.08 Å². The zero-order chi connectivity index (χ0) is 23.2. The van der Waals surface area contributed by atoms with Gasteiger partial charge in [0, 0.05) is 37.2 Å². The molecule has 2 aliphatic carbocycles. The summed E-state index contributed by atoms with van der Waals surface area (Å²) in [5, 5.41) is 11.7. The smallest absolute Gasteiger partial charge is 0.335 e. The zero-order valence-corrected chi connectivity index (χ0v) is 19.0. The number of aliphatic hydroxyl groups is 1. The number of rotatable bonds is 4. The van der Waals surface area contributed by atoms with Crippen molar-refractivity contribution < 1.29 is 24.1 Å². The van der Waals surface area contributed by atoms with E-state index in [-0.39, 0.29) is 0 Å². The molecule has 0 bridgehead atoms. The summed E-state index contributed by atoms with van der Waals surface area (Å²) in [6, 6.07) is 13.4. The molecule has 1 N–H and O–H groups in total. The van der Waals surface area contributed by atoms with Crippen LogP contribution in [0.15, 0.2) is 65.4 Å². The first-order chi connectivity index (χ1) is 15.9. The quantitative estimate of drug-likeness (QED) is 0.569. The molecule has 3 aliphatic rings. The van der Waals surface area contributed by atoms with Crippen LogP contribution in [-0.4, -0.2) is 42.7 Å². The number of hydrogen-bond acceptors (Lipinski definition) is 6. The lowest BCUT2D eigenvalue weighted by Crippen LogP contribution is -2.61. The van der Waals surface area contributed by atoms with Crippen LogP contribution in [0.4, 0.5) is 0 Å². The Morgan fingerprint density at radius 2 is 2.03 bits per heavy atom. The number of esters is 1. The molecule has 1 heterocycles. The Labute approximate surface area is 193 Å². The minimum atomic E-state index is -1.13. The minimum absolute atomic E-state index is 0.324. The van der Waals surface area contributed by atoms with Crippen molar-refractivity contribution in [1.29, 1.82) is 0 Å². The number of ether oxygens (including phenoxy) is 3. The van der Waals surface area contributed by atoms with Crippen LogP contribution in [0.1, 0.15) is 36.5 Å². The number of hydrogen-bond donors (Lipinski definition) is 1.